The Morgan fingerprint density at radius 1 is 1.00 bits per heavy atom. The Kier molecular flexibility index (Phi) is 7.31. The van der Waals surface area contributed by atoms with Gasteiger partial charge >= 0.3 is 0 Å². The van der Waals surface area contributed by atoms with E-state index >= 15 is 0 Å². The zero-order chi connectivity index (χ0) is 21.5. The van der Waals surface area contributed by atoms with Gasteiger partial charge in [-0.2, -0.15) is 0 Å². The molecule has 154 valence electrons. The van der Waals surface area contributed by atoms with E-state index in [0.29, 0.717) is 16.4 Å². The molecule has 0 radical (unpaired) electrons. The van der Waals surface area contributed by atoms with Gasteiger partial charge in [-0.25, -0.2) is 4.98 Å². The first kappa shape index (κ1) is 21.7. The largest absolute Gasteiger partial charge is 0.352 e. The van der Waals surface area contributed by atoms with Gasteiger partial charge in [0.1, 0.15) is 0 Å². The summed E-state index contributed by atoms with van der Waals surface area (Å²) in [5.74, 6) is -0.586. The second-order valence-corrected chi connectivity index (χ2v) is 8.13. The van der Waals surface area contributed by atoms with Crippen LogP contribution in [0.4, 0.5) is 10.8 Å². The molecule has 3 N–H and O–H groups in total. The SMILES string of the molecule is CC(=O)Nc1ccc(-c2csc(NC(=O)CCNC(=O)c3ccc(Br)cc3)n2)cc1. The Hall–Kier alpha value is -3.04. The van der Waals surface area contributed by atoms with Gasteiger partial charge in [-0.1, -0.05) is 28.1 Å². The Labute approximate surface area is 186 Å². The van der Waals surface area contributed by atoms with Crippen molar-refractivity contribution in [2.75, 3.05) is 17.2 Å². The summed E-state index contributed by atoms with van der Waals surface area (Å²) in [5, 5.41) is 10.5. The maximum Gasteiger partial charge on any atom is 0.251 e. The number of amides is 3. The zero-order valence-corrected chi connectivity index (χ0v) is 18.5. The van der Waals surface area contributed by atoms with Crippen LogP contribution in [0, 0.1) is 0 Å². The summed E-state index contributed by atoms with van der Waals surface area (Å²) < 4.78 is 0.893. The number of rotatable bonds is 7. The van der Waals surface area contributed by atoms with Crippen molar-refractivity contribution < 1.29 is 14.4 Å². The Morgan fingerprint density at radius 3 is 2.37 bits per heavy atom. The van der Waals surface area contributed by atoms with Crippen molar-refractivity contribution in [1.82, 2.24) is 10.3 Å². The van der Waals surface area contributed by atoms with Gasteiger partial charge in [-0.05, 0) is 36.4 Å². The van der Waals surface area contributed by atoms with Crippen LogP contribution in [0.15, 0.2) is 58.4 Å². The summed E-state index contributed by atoms with van der Waals surface area (Å²) >= 11 is 4.64. The number of aromatic nitrogens is 1. The van der Waals surface area contributed by atoms with Gasteiger partial charge < -0.3 is 16.0 Å². The quantitative estimate of drug-likeness (QED) is 0.463. The van der Waals surface area contributed by atoms with Crippen molar-refractivity contribution in [2.24, 2.45) is 0 Å². The van der Waals surface area contributed by atoms with E-state index in [1.54, 1.807) is 36.4 Å². The molecule has 0 aliphatic heterocycles. The molecule has 0 bridgehead atoms. The molecule has 0 saturated carbocycles. The summed E-state index contributed by atoms with van der Waals surface area (Å²) in [4.78, 5) is 39.7. The van der Waals surface area contributed by atoms with Crippen molar-refractivity contribution >= 4 is 55.8 Å². The van der Waals surface area contributed by atoms with Gasteiger partial charge in [0.05, 0.1) is 5.69 Å². The molecule has 1 aromatic heterocycles. The Balaban J connectivity index is 1.48. The van der Waals surface area contributed by atoms with Crippen LogP contribution in [0.2, 0.25) is 0 Å². The van der Waals surface area contributed by atoms with Gasteiger partial charge in [0.25, 0.3) is 5.91 Å². The van der Waals surface area contributed by atoms with E-state index in [-0.39, 0.29) is 30.7 Å². The fraction of sp³-hybridized carbons (Fsp3) is 0.143. The van der Waals surface area contributed by atoms with E-state index in [1.807, 2.05) is 17.5 Å². The standard InChI is InChI=1S/C21H19BrN4O3S/c1-13(27)24-17-8-4-14(5-9-17)18-12-30-21(25-18)26-19(28)10-11-23-20(29)15-2-6-16(22)7-3-15/h2-9,12H,10-11H2,1H3,(H,23,29)(H,24,27)(H,25,26,28). The second kappa shape index (κ2) is 10.1. The van der Waals surface area contributed by atoms with Crippen LogP contribution in [0.3, 0.4) is 0 Å². The minimum absolute atomic E-state index is 0.130. The van der Waals surface area contributed by atoms with Gasteiger partial charge in [-0.3, -0.25) is 14.4 Å². The zero-order valence-electron chi connectivity index (χ0n) is 16.1. The van der Waals surface area contributed by atoms with Crippen LogP contribution in [-0.4, -0.2) is 29.3 Å². The predicted octanol–water partition coefficient (Wildman–Crippen LogP) is 4.29. The maximum atomic E-state index is 12.1. The van der Waals surface area contributed by atoms with Crippen LogP contribution < -0.4 is 16.0 Å². The minimum Gasteiger partial charge on any atom is -0.352 e. The number of carbonyl (C=O) groups excluding carboxylic acids is 3. The lowest BCUT2D eigenvalue weighted by Crippen LogP contribution is -2.27. The number of halogens is 1. The summed E-state index contributed by atoms with van der Waals surface area (Å²) in [6, 6.07) is 14.3. The lowest BCUT2D eigenvalue weighted by atomic mass is 10.1. The third kappa shape index (κ3) is 6.23. The fourth-order valence-corrected chi connectivity index (χ4v) is 3.57. The molecular formula is C21H19BrN4O3S. The topological polar surface area (TPSA) is 100 Å². The second-order valence-electron chi connectivity index (χ2n) is 6.36. The van der Waals surface area contributed by atoms with Crippen molar-refractivity contribution in [3.05, 3.63) is 63.9 Å². The lowest BCUT2D eigenvalue weighted by molar-refractivity contribution is -0.116. The average molecular weight is 487 g/mol. The fourth-order valence-electron chi connectivity index (χ4n) is 2.57. The molecule has 0 unspecified atom stereocenters. The third-order valence-corrected chi connectivity index (χ3v) is 5.28. The van der Waals surface area contributed by atoms with Gasteiger partial charge in [0, 0.05) is 46.6 Å². The highest BCUT2D eigenvalue weighted by Crippen LogP contribution is 2.26. The highest BCUT2D eigenvalue weighted by molar-refractivity contribution is 9.10. The molecule has 0 saturated heterocycles. The van der Waals surface area contributed by atoms with Crippen molar-refractivity contribution in [2.45, 2.75) is 13.3 Å². The van der Waals surface area contributed by atoms with Crippen LogP contribution in [0.25, 0.3) is 11.3 Å². The molecule has 0 spiro atoms. The van der Waals surface area contributed by atoms with Gasteiger partial charge in [-0.15, -0.1) is 11.3 Å². The summed E-state index contributed by atoms with van der Waals surface area (Å²) in [5.41, 5.74) is 2.85. The highest BCUT2D eigenvalue weighted by Gasteiger charge is 2.10. The number of hydrogen-bond donors (Lipinski definition) is 3. The van der Waals surface area contributed by atoms with Crippen LogP contribution >= 0.6 is 27.3 Å². The van der Waals surface area contributed by atoms with Crippen molar-refractivity contribution in [3.63, 3.8) is 0 Å². The van der Waals surface area contributed by atoms with Gasteiger partial charge in [0.15, 0.2) is 5.13 Å². The molecule has 2 aromatic carbocycles. The van der Waals surface area contributed by atoms with E-state index in [1.165, 1.54) is 18.3 Å². The first-order chi connectivity index (χ1) is 14.4. The Bertz CT molecular complexity index is 1050. The van der Waals surface area contributed by atoms with E-state index in [2.05, 4.69) is 36.9 Å². The lowest BCUT2D eigenvalue weighted by Gasteiger charge is -2.05. The third-order valence-electron chi connectivity index (χ3n) is 4.00. The predicted molar refractivity (Wildman–Crippen MR) is 122 cm³/mol. The first-order valence-electron chi connectivity index (χ1n) is 9.08. The molecule has 0 aliphatic rings. The van der Waals surface area contributed by atoms with Crippen LogP contribution in [0.5, 0.6) is 0 Å². The maximum absolute atomic E-state index is 12.1. The number of benzene rings is 2. The summed E-state index contributed by atoms with van der Waals surface area (Å²) in [6.45, 7) is 1.68. The number of nitrogens with zero attached hydrogens (tertiary/aromatic N) is 1. The minimum atomic E-state index is -0.229. The number of anilines is 2. The number of thiazole rings is 1. The average Bonchev–Trinajstić information content (AvgIpc) is 3.17. The molecule has 0 atom stereocenters. The van der Waals surface area contributed by atoms with E-state index in [9.17, 15) is 14.4 Å². The Morgan fingerprint density at radius 2 is 1.70 bits per heavy atom. The monoisotopic (exact) mass is 486 g/mol. The molecular weight excluding hydrogens is 468 g/mol. The summed E-state index contributed by atoms with van der Waals surface area (Å²) in [6.07, 6.45) is 0.141. The number of nitrogens with one attached hydrogen (secondary N) is 3. The molecule has 9 heteroatoms. The van der Waals surface area contributed by atoms with E-state index < -0.39 is 0 Å². The molecule has 3 rings (SSSR count). The highest BCUT2D eigenvalue weighted by atomic mass is 79.9. The molecule has 0 aliphatic carbocycles. The molecule has 30 heavy (non-hydrogen) atoms. The van der Waals surface area contributed by atoms with Crippen molar-refractivity contribution in [3.8, 4) is 11.3 Å². The molecule has 0 fully saturated rings. The van der Waals surface area contributed by atoms with E-state index in [0.717, 1.165) is 15.7 Å². The molecule has 3 amide bonds. The normalized spacial score (nSPS) is 10.3. The molecule has 3 aromatic rings. The van der Waals surface area contributed by atoms with E-state index in [4.69, 9.17) is 0 Å². The number of hydrogen-bond acceptors (Lipinski definition) is 5. The van der Waals surface area contributed by atoms with Crippen LogP contribution in [-0.2, 0) is 9.59 Å². The van der Waals surface area contributed by atoms with Crippen LogP contribution in [0.1, 0.15) is 23.7 Å². The molecule has 7 nitrogen and oxygen atoms in total. The summed E-state index contributed by atoms with van der Waals surface area (Å²) in [7, 11) is 0. The smallest absolute Gasteiger partial charge is 0.251 e. The van der Waals surface area contributed by atoms with Crippen molar-refractivity contribution in [1.29, 1.82) is 0 Å². The van der Waals surface area contributed by atoms with Gasteiger partial charge in [0.2, 0.25) is 11.8 Å². The number of carbonyl (C=O) groups is 3. The first-order valence-corrected chi connectivity index (χ1v) is 10.7. The molecule has 1 heterocycles.